The second kappa shape index (κ2) is 6.02. The zero-order chi connectivity index (χ0) is 17.6. The smallest absolute Gasteiger partial charge is 0.264 e. The number of anilines is 1. The van der Waals surface area contributed by atoms with E-state index in [-0.39, 0.29) is 23.1 Å². The maximum atomic E-state index is 13.5. The Labute approximate surface area is 144 Å². The van der Waals surface area contributed by atoms with Crippen LogP contribution in [0.5, 0.6) is 5.75 Å². The van der Waals surface area contributed by atoms with Gasteiger partial charge in [-0.1, -0.05) is 0 Å². The molecule has 2 aliphatic rings. The van der Waals surface area contributed by atoms with Crippen LogP contribution in [0.2, 0.25) is 0 Å². The first-order chi connectivity index (χ1) is 12.0. The number of rotatable bonds is 1. The van der Waals surface area contributed by atoms with Crippen LogP contribution in [0.15, 0.2) is 29.1 Å². The number of pyridine rings is 1. The van der Waals surface area contributed by atoms with Gasteiger partial charge in [0.25, 0.3) is 11.5 Å². The van der Waals surface area contributed by atoms with Crippen LogP contribution < -0.4 is 15.2 Å². The maximum Gasteiger partial charge on any atom is 0.264 e. The van der Waals surface area contributed by atoms with Gasteiger partial charge in [-0.25, -0.2) is 4.39 Å². The van der Waals surface area contributed by atoms with Crippen molar-refractivity contribution in [2.24, 2.45) is 0 Å². The Morgan fingerprint density at radius 3 is 2.92 bits per heavy atom. The van der Waals surface area contributed by atoms with Crippen molar-refractivity contribution in [1.82, 2.24) is 4.98 Å². The number of ether oxygens (including phenoxy) is 1. The van der Waals surface area contributed by atoms with Crippen molar-refractivity contribution in [3.8, 4) is 5.75 Å². The summed E-state index contributed by atoms with van der Waals surface area (Å²) in [6.45, 7) is 2.12. The van der Waals surface area contributed by atoms with Gasteiger partial charge in [-0.3, -0.25) is 9.59 Å². The van der Waals surface area contributed by atoms with Crippen molar-refractivity contribution in [3.05, 3.63) is 57.3 Å². The van der Waals surface area contributed by atoms with Crippen LogP contribution >= 0.6 is 0 Å². The fourth-order valence-corrected chi connectivity index (χ4v) is 3.59. The van der Waals surface area contributed by atoms with Crippen molar-refractivity contribution in [2.45, 2.75) is 38.7 Å². The number of halogens is 1. The summed E-state index contributed by atoms with van der Waals surface area (Å²) in [6.07, 6.45) is 3.54. The Kier molecular flexibility index (Phi) is 3.82. The van der Waals surface area contributed by atoms with Crippen molar-refractivity contribution in [1.29, 1.82) is 0 Å². The highest BCUT2D eigenvalue weighted by Gasteiger charge is 2.30. The third-order valence-electron chi connectivity index (χ3n) is 4.79. The third kappa shape index (κ3) is 2.81. The first-order valence-corrected chi connectivity index (χ1v) is 8.56. The van der Waals surface area contributed by atoms with Crippen LogP contribution in [0.1, 0.15) is 41.4 Å². The number of nitrogens with zero attached hydrogens (tertiary/aromatic N) is 1. The lowest BCUT2D eigenvalue weighted by molar-refractivity contribution is 0.0959. The number of carbonyl (C=O) groups excluding carboxylic acids is 1. The van der Waals surface area contributed by atoms with E-state index in [0.29, 0.717) is 18.0 Å². The number of aromatic nitrogens is 1. The number of aromatic amines is 1. The van der Waals surface area contributed by atoms with Gasteiger partial charge >= 0.3 is 0 Å². The molecule has 130 valence electrons. The van der Waals surface area contributed by atoms with E-state index < -0.39 is 5.82 Å². The highest BCUT2D eigenvalue weighted by Crippen LogP contribution is 2.34. The van der Waals surface area contributed by atoms with Crippen LogP contribution in [-0.4, -0.2) is 23.5 Å². The van der Waals surface area contributed by atoms with E-state index in [1.54, 1.807) is 6.07 Å². The summed E-state index contributed by atoms with van der Waals surface area (Å²) in [7, 11) is 0. The zero-order valence-corrected chi connectivity index (χ0v) is 14.0. The van der Waals surface area contributed by atoms with Gasteiger partial charge in [-0.05, 0) is 56.4 Å². The van der Waals surface area contributed by atoms with Gasteiger partial charge in [-0.15, -0.1) is 0 Å². The summed E-state index contributed by atoms with van der Waals surface area (Å²) in [5, 5.41) is 0. The maximum absolute atomic E-state index is 13.5. The lowest BCUT2D eigenvalue weighted by Gasteiger charge is -2.33. The van der Waals surface area contributed by atoms with Crippen molar-refractivity contribution < 1.29 is 13.9 Å². The first-order valence-electron chi connectivity index (χ1n) is 8.56. The minimum Gasteiger partial charge on any atom is -0.487 e. The van der Waals surface area contributed by atoms with Crippen LogP contribution in [0.3, 0.4) is 0 Å². The van der Waals surface area contributed by atoms with Gasteiger partial charge in [0, 0.05) is 11.8 Å². The molecule has 0 spiro atoms. The topological polar surface area (TPSA) is 62.4 Å². The molecule has 1 aliphatic carbocycles. The summed E-state index contributed by atoms with van der Waals surface area (Å²) in [6, 6.07) is 5.79. The average Bonchev–Trinajstić information content (AvgIpc) is 2.59. The Morgan fingerprint density at radius 2 is 2.08 bits per heavy atom. The molecule has 0 bridgehead atoms. The summed E-state index contributed by atoms with van der Waals surface area (Å²) in [5.41, 5.74) is 2.22. The highest BCUT2D eigenvalue weighted by atomic mass is 19.1. The Morgan fingerprint density at radius 1 is 1.28 bits per heavy atom. The van der Waals surface area contributed by atoms with E-state index in [4.69, 9.17) is 4.74 Å². The lowest BCUT2D eigenvalue weighted by Crippen LogP contribution is -2.44. The number of fused-ring (bicyclic) bond motifs is 2. The molecule has 1 amide bonds. The number of carbonyl (C=O) groups is 1. The van der Waals surface area contributed by atoms with Gasteiger partial charge in [0.1, 0.15) is 23.2 Å². The van der Waals surface area contributed by atoms with Crippen molar-refractivity contribution >= 4 is 11.6 Å². The van der Waals surface area contributed by atoms with E-state index in [9.17, 15) is 14.0 Å². The summed E-state index contributed by atoms with van der Waals surface area (Å²) < 4.78 is 19.1. The fraction of sp³-hybridized carbons (Fsp3) is 0.368. The molecule has 2 heterocycles. The number of hydrogen-bond donors (Lipinski definition) is 1. The van der Waals surface area contributed by atoms with Gasteiger partial charge in [0.05, 0.1) is 12.2 Å². The third-order valence-corrected chi connectivity index (χ3v) is 4.79. The van der Waals surface area contributed by atoms with Gasteiger partial charge < -0.3 is 14.6 Å². The van der Waals surface area contributed by atoms with E-state index in [1.807, 2.05) is 6.92 Å². The van der Waals surface area contributed by atoms with E-state index in [1.165, 1.54) is 23.1 Å². The van der Waals surface area contributed by atoms with Crippen LogP contribution in [0.25, 0.3) is 0 Å². The molecule has 2 aromatic rings. The summed E-state index contributed by atoms with van der Waals surface area (Å²) in [5.74, 6) is -0.481. The number of hydrogen-bond acceptors (Lipinski definition) is 3. The molecule has 0 unspecified atom stereocenters. The Hall–Kier alpha value is -2.63. The zero-order valence-electron chi connectivity index (χ0n) is 14.0. The fourth-order valence-electron chi connectivity index (χ4n) is 3.59. The minimum atomic E-state index is -0.424. The second-order valence-corrected chi connectivity index (χ2v) is 6.68. The van der Waals surface area contributed by atoms with E-state index in [0.717, 1.165) is 36.9 Å². The van der Waals surface area contributed by atoms with Crippen LogP contribution in [0.4, 0.5) is 10.1 Å². The molecule has 1 N–H and O–H groups in total. The molecule has 6 heteroatoms. The largest absolute Gasteiger partial charge is 0.487 e. The molecule has 0 fully saturated rings. The monoisotopic (exact) mass is 342 g/mol. The molecule has 1 aliphatic heterocycles. The molecule has 5 nitrogen and oxygen atoms in total. The van der Waals surface area contributed by atoms with E-state index in [2.05, 4.69) is 4.98 Å². The Balaban J connectivity index is 1.76. The van der Waals surface area contributed by atoms with Crippen LogP contribution in [0, 0.1) is 5.82 Å². The molecule has 0 saturated heterocycles. The lowest BCUT2D eigenvalue weighted by atomic mass is 9.94. The SMILES string of the molecule is C[C@H]1CN(C(=O)c2cc3c([nH]c2=O)CCCC3)c2ccc(F)cc2O1. The first kappa shape index (κ1) is 15.9. The quantitative estimate of drug-likeness (QED) is 0.867. The molecule has 1 aromatic carbocycles. The number of aryl methyl sites for hydroxylation is 2. The second-order valence-electron chi connectivity index (χ2n) is 6.68. The standard InChI is InChI=1S/C19H19FN2O3/c1-11-10-22(16-7-6-13(20)9-17(16)25-11)19(24)14-8-12-4-2-3-5-15(12)21-18(14)23/h6-9,11H,2-5,10H2,1H3,(H,21,23)/t11-/m0/s1. The molecular weight excluding hydrogens is 323 g/mol. The summed E-state index contributed by atoms with van der Waals surface area (Å²) in [4.78, 5) is 29.9. The normalized spacial score (nSPS) is 19.0. The van der Waals surface area contributed by atoms with Gasteiger partial charge in [0.15, 0.2) is 0 Å². The number of benzene rings is 1. The molecule has 1 aromatic heterocycles. The van der Waals surface area contributed by atoms with E-state index >= 15 is 0 Å². The Bertz CT molecular complexity index is 906. The molecule has 0 saturated carbocycles. The number of amides is 1. The minimum absolute atomic E-state index is 0.130. The van der Waals surface area contributed by atoms with Gasteiger partial charge in [0.2, 0.25) is 0 Å². The molecule has 25 heavy (non-hydrogen) atoms. The molecule has 0 radical (unpaired) electrons. The predicted molar refractivity (Wildman–Crippen MR) is 91.9 cm³/mol. The molecular formula is C19H19FN2O3. The van der Waals surface area contributed by atoms with Crippen molar-refractivity contribution in [2.75, 3.05) is 11.4 Å². The predicted octanol–water partition coefficient (Wildman–Crippen LogP) is 2.82. The number of H-pyrrole nitrogens is 1. The molecule has 4 rings (SSSR count). The van der Waals surface area contributed by atoms with Crippen molar-refractivity contribution in [3.63, 3.8) is 0 Å². The average molecular weight is 342 g/mol. The highest BCUT2D eigenvalue weighted by molar-refractivity contribution is 6.07. The van der Waals surface area contributed by atoms with Crippen LogP contribution in [-0.2, 0) is 12.8 Å². The summed E-state index contributed by atoms with van der Waals surface area (Å²) >= 11 is 0. The number of nitrogens with one attached hydrogen (secondary N) is 1. The van der Waals surface area contributed by atoms with Gasteiger partial charge in [-0.2, -0.15) is 0 Å². The molecule has 1 atom stereocenters.